The Kier molecular flexibility index (Phi) is 2.23. The Morgan fingerprint density at radius 3 is 2.93 bits per heavy atom. The molecule has 0 aromatic heterocycles. The number of hydrogen-bond donors (Lipinski definition) is 1. The topological polar surface area (TPSA) is 35.2 Å². The van der Waals surface area contributed by atoms with Crippen molar-refractivity contribution in [1.29, 1.82) is 0 Å². The quantitative estimate of drug-likeness (QED) is 0.780. The molecule has 1 aromatic carbocycles. The van der Waals surface area contributed by atoms with Gasteiger partial charge in [-0.3, -0.25) is 0 Å². The number of benzene rings is 1. The number of hydrogen-bond acceptors (Lipinski definition) is 2. The Morgan fingerprint density at radius 2 is 2.21 bits per heavy atom. The Labute approximate surface area is 88.2 Å². The van der Waals surface area contributed by atoms with Crippen LogP contribution in [-0.4, -0.2) is 12.6 Å². The zero-order valence-electron chi connectivity index (χ0n) is 7.14. The van der Waals surface area contributed by atoms with Gasteiger partial charge in [-0.1, -0.05) is 15.9 Å². The Morgan fingerprint density at radius 1 is 1.50 bits per heavy atom. The second kappa shape index (κ2) is 3.17. The van der Waals surface area contributed by atoms with Crippen molar-refractivity contribution in [3.05, 3.63) is 28.2 Å². The van der Waals surface area contributed by atoms with Gasteiger partial charge in [0.25, 0.3) is 5.92 Å². The fourth-order valence-corrected chi connectivity index (χ4v) is 1.73. The molecule has 0 saturated heterocycles. The van der Waals surface area contributed by atoms with Crippen molar-refractivity contribution in [1.82, 2.24) is 0 Å². The largest absolute Gasteiger partial charge is 0.491 e. The zero-order valence-corrected chi connectivity index (χ0v) is 8.72. The molecule has 2 N–H and O–H groups in total. The summed E-state index contributed by atoms with van der Waals surface area (Å²) in [6, 6.07) is 3.24. The summed E-state index contributed by atoms with van der Waals surface area (Å²) in [5.74, 6) is -2.81. The first kappa shape index (κ1) is 9.86. The standard InChI is InChI=1S/C9H8BrF2NO/c10-5-1-2-7-6(3-5)9(11,12)8(13)4-14-7/h1-3,8H,4,13H2. The number of ether oxygens (including phenoxy) is 1. The molecule has 76 valence electrons. The van der Waals surface area contributed by atoms with E-state index in [1.54, 1.807) is 6.07 Å². The van der Waals surface area contributed by atoms with Crippen molar-refractivity contribution < 1.29 is 13.5 Å². The first-order valence-corrected chi connectivity index (χ1v) is 4.87. The van der Waals surface area contributed by atoms with Crippen LogP contribution in [0.15, 0.2) is 22.7 Å². The Balaban J connectivity index is 2.55. The monoisotopic (exact) mass is 263 g/mol. The third-order valence-electron chi connectivity index (χ3n) is 2.18. The molecule has 0 radical (unpaired) electrons. The summed E-state index contributed by atoms with van der Waals surface area (Å²) < 4.78 is 32.8. The van der Waals surface area contributed by atoms with Crippen molar-refractivity contribution in [2.75, 3.05) is 6.61 Å². The highest BCUT2D eigenvalue weighted by Gasteiger charge is 2.45. The number of nitrogens with two attached hydrogens (primary N) is 1. The van der Waals surface area contributed by atoms with E-state index in [9.17, 15) is 8.78 Å². The molecule has 0 spiro atoms. The van der Waals surface area contributed by atoms with Crippen molar-refractivity contribution in [3.8, 4) is 5.75 Å². The van der Waals surface area contributed by atoms with E-state index in [-0.39, 0.29) is 17.9 Å². The predicted octanol–water partition coefficient (Wildman–Crippen LogP) is 2.26. The molecule has 2 rings (SSSR count). The molecule has 1 heterocycles. The Hall–Kier alpha value is -0.680. The third kappa shape index (κ3) is 1.40. The van der Waals surface area contributed by atoms with Gasteiger partial charge >= 0.3 is 0 Å². The van der Waals surface area contributed by atoms with Gasteiger partial charge < -0.3 is 10.5 Å². The fourth-order valence-electron chi connectivity index (χ4n) is 1.37. The number of alkyl halides is 2. The maximum Gasteiger partial charge on any atom is 0.294 e. The van der Waals surface area contributed by atoms with Crippen LogP contribution in [0.2, 0.25) is 0 Å². The lowest BCUT2D eigenvalue weighted by atomic mass is 9.99. The van der Waals surface area contributed by atoms with Gasteiger partial charge in [0.1, 0.15) is 18.4 Å². The molecule has 14 heavy (non-hydrogen) atoms. The average Bonchev–Trinajstić information content (AvgIpc) is 2.13. The van der Waals surface area contributed by atoms with E-state index in [0.29, 0.717) is 4.47 Å². The molecule has 0 saturated carbocycles. The molecule has 5 heteroatoms. The van der Waals surface area contributed by atoms with Crippen molar-refractivity contribution in [3.63, 3.8) is 0 Å². The molecule has 1 aromatic rings. The predicted molar refractivity (Wildman–Crippen MR) is 51.5 cm³/mol. The normalized spacial score (nSPS) is 23.9. The van der Waals surface area contributed by atoms with E-state index in [2.05, 4.69) is 15.9 Å². The van der Waals surface area contributed by atoms with Crippen LogP contribution in [0.3, 0.4) is 0 Å². The molecular formula is C9H8BrF2NO. The van der Waals surface area contributed by atoms with Gasteiger partial charge in [-0.2, -0.15) is 8.78 Å². The van der Waals surface area contributed by atoms with Crippen LogP contribution >= 0.6 is 15.9 Å². The van der Waals surface area contributed by atoms with Crippen molar-refractivity contribution in [2.45, 2.75) is 12.0 Å². The van der Waals surface area contributed by atoms with Crippen LogP contribution < -0.4 is 10.5 Å². The van der Waals surface area contributed by atoms with Crippen molar-refractivity contribution in [2.24, 2.45) is 5.73 Å². The van der Waals surface area contributed by atoms with E-state index >= 15 is 0 Å². The van der Waals surface area contributed by atoms with E-state index in [1.807, 2.05) is 0 Å². The van der Waals surface area contributed by atoms with E-state index in [1.165, 1.54) is 12.1 Å². The minimum atomic E-state index is -3.02. The molecule has 0 bridgehead atoms. The molecule has 1 aliphatic heterocycles. The number of rotatable bonds is 0. The smallest absolute Gasteiger partial charge is 0.294 e. The minimum Gasteiger partial charge on any atom is -0.491 e. The van der Waals surface area contributed by atoms with Crippen LogP contribution in [0.25, 0.3) is 0 Å². The summed E-state index contributed by atoms with van der Waals surface area (Å²) in [4.78, 5) is 0. The second-order valence-corrected chi connectivity index (χ2v) is 4.10. The first-order chi connectivity index (χ1) is 6.51. The van der Waals surface area contributed by atoms with Crippen LogP contribution in [-0.2, 0) is 5.92 Å². The van der Waals surface area contributed by atoms with Gasteiger partial charge in [-0.25, -0.2) is 0 Å². The third-order valence-corrected chi connectivity index (χ3v) is 2.68. The highest BCUT2D eigenvalue weighted by molar-refractivity contribution is 9.10. The van der Waals surface area contributed by atoms with Gasteiger partial charge in [-0.05, 0) is 18.2 Å². The van der Waals surface area contributed by atoms with Gasteiger partial charge in [0.15, 0.2) is 0 Å². The maximum absolute atomic E-state index is 13.5. The lowest BCUT2D eigenvalue weighted by Crippen LogP contribution is -2.46. The SMILES string of the molecule is NC1COc2ccc(Br)cc2C1(F)F. The molecule has 1 atom stereocenters. The van der Waals surface area contributed by atoms with Crippen LogP contribution in [0.1, 0.15) is 5.56 Å². The lowest BCUT2D eigenvalue weighted by molar-refractivity contribution is -0.0595. The highest BCUT2D eigenvalue weighted by atomic mass is 79.9. The van der Waals surface area contributed by atoms with Gasteiger partial charge in [0.2, 0.25) is 0 Å². The van der Waals surface area contributed by atoms with Crippen LogP contribution in [0, 0.1) is 0 Å². The van der Waals surface area contributed by atoms with Crippen LogP contribution in [0.5, 0.6) is 5.75 Å². The molecule has 2 nitrogen and oxygen atoms in total. The first-order valence-electron chi connectivity index (χ1n) is 4.08. The molecule has 1 unspecified atom stereocenters. The minimum absolute atomic E-state index is 0.148. The molecular weight excluding hydrogens is 256 g/mol. The molecule has 1 aliphatic rings. The van der Waals surface area contributed by atoms with Crippen LogP contribution in [0.4, 0.5) is 8.78 Å². The zero-order chi connectivity index (χ0) is 10.3. The van der Waals surface area contributed by atoms with E-state index in [4.69, 9.17) is 10.5 Å². The Bertz CT molecular complexity index is 370. The molecule has 0 aliphatic carbocycles. The second-order valence-electron chi connectivity index (χ2n) is 3.18. The van der Waals surface area contributed by atoms with Gasteiger partial charge in [0.05, 0.1) is 5.56 Å². The van der Waals surface area contributed by atoms with E-state index < -0.39 is 12.0 Å². The summed E-state index contributed by atoms with van der Waals surface area (Å²) in [7, 11) is 0. The average molecular weight is 264 g/mol. The summed E-state index contributed by atoms with van der Waals surface area (Å²) >= 11 is 3.13. The number of fused-ring (bicyclic) bond motifs is 1. The molecule has 0 fully saturated rings. The lowest BCUT2D eigenvalue weighted by Gasteiger charge is -2.30. The summed E-state index contributed by atoms with van der Waals surface area (Å²) in [5, 5.41) is 0. The van der Waals surface area contributed by atoms with Crippen molar-refractivity contribution >= 4 is 15.9 Å². The number of halogens is 3. The summed E-state index contributed by atoms with van der Waals surface area (Å²) in [6.45, 7) is -0.151. The van der Waals surface area contributed by atoms with E-state index in [0.717, 1.165) is 0 Å². The van der Waals surface area contributed by atoms with Gasteiger partial charge in [-0.15, -0.1) is 0 Å². The molecule has 0 amide bonds. The fraction of sp³-hybridized carbons (Fsp3) is 0.333. The van der Waals surface area contributed by atoms with Gasteiger partial charge in [0, 0.05) is 4.47 Å². The maximum atomic E-state index is 13.5. The highest BCUT2D eigenvalue weighted by Crippen LogP contribution is 2.41. The summed E-state index contributed by atoms with van der Waals surface area (Å²) in [6.07, 6.45) is 0. The summed E-state index contributed by atoms with van der Waals surface area (Å²) in [5.41, 5.74) is 5.14.